The maximum Gasteiger partial charge on any atom is 0.346 e. The highest BCUT2D eigenvalue weighted by atomic mass is 16.4. The second kappa shape index (κ2) is 5.02. The van der Waals surface area contributed by atoms with E-state index in [2.05, 4.69) is 4.98 Å². The largest absolute Gasteiger partial charge is 0.477 e. The summed E-state index contributed by atoms with van der Waals surface area (Å²) < 4.78 is 0. The number of rotatable bonds is 3. The van der Waals surface area contributed by atoms with Crippen LogP contribution in [-0.2, 0) is 4.79 Å². The summed E-state index contributed by atoms with van der Waals surface area (Å²) in [6.45, 7) is 0. The maximum atomic E-state index is 10.6. The van der Waals surface area contributed by atoms with E-state index in [0.29, 0.717) is 0 Å². The summed E-state index contributed by atoms with van der Waals surface area (Å²) in [4.78, 5) is 13.7. The number of H-pyrrole nitrogens is 1. The van der Waals surface area contributed by atoms with Gasteiger partial charge < -0.3 is 10.1 Å². The van der Waals surface area contributed by atoms with Crippen LogP contribution < -0.4 is 0 Å². The standard InChI is InChI=1S/C14H10N2O2/c15-8-10(14(17)18)4-3-5-11-9-16-13-7-2-1-6-12(11)13/h1-7,9,16H,(H,17,18)/b5-3+,10-4+. The second-order valence-electron chi connectivity index (χ2n) is 3.65. The van der Waals surface area contributed by atoms with Crippen LogP contribution in [0.25, 0.3) is 17.0 Å². The lowest BCUT2D eigenvalue weighted by Gasteiger charge is -1.90. The van der Waals surface area contributed by atoms with Crippen LogP contribution in [0, 0.1) is 11.3 Å². The van der Waals surface area contributed by atoms with Gasteiger partial charge in [-0.2, -0.15) is 5.26 Å². The first-order valence-corrected chi connectivity index (χ1v) is 5.30. The number of nitrogens with zero attached hydrogens (tertiary/aromatic N) is 1. The number of aromatic nitrogens is 1. The third-order valence-corrected chi connectivity index (χ3v) is 2.51. The minimum Gasteiger partial charge on any atom is -0.477 e. The van der Waals surface area contributed by atoms with Gasteiger partial charge in [0.05, 0.1) is 0 Å². The van der Waals surface area contributed by atoms with Gasteiger partial charge in [0.15, 0.2) is 0 Å². The van der Waals surface area contributed by atoms with E-state index in [-0.39, 0.29) is 5.57 Å². The Morgan fingerprint density at radius 1 is 1.39 bits per heavy atom. The van der Waals surface area contributed by atoms with Crippen molar-refractivity contribution in [2.24, 2.45) is 0 Å². The van der Waals surface area contributed by atoms with Gasteiger partial charge in [-0.3, -0.25) is 0 Å². The summed E-state index contributed by atoms with van der Waals surface area (Å²) in [6.07, 6.45) is 6.44. The summed E-state index contributed by atoms with van der Waals surface area (Å²) >= 11 is 0. The lowest BCUT2D eigenvalue weighted by Crippen LogP contribution is -1.96. The van der Waals surface area contributed by atoms with Crippen LogP contribution in [0.15, 0.2) is 48.2 Å². The third-order valence-electron chi connectivity index (χ3n) is 2.51. The number of fused-ring (bicyclic) bond motifs is 1. The molecular weight excluding hydrogens is 228 g/mol. The summed E-state index contributed by atoms with van der Waals surface area (Å²) in [5.74, 6) is -1.22. The first-order chi connectivity index (χ1) is 8.72. The van der Waals surface area contributed by atoms with Gasteiger partial charge in [0.1, 0.15) is 11.6 Å². The first-order valence-electron chi connectivity index (χ1n) is 5.30. The van der Waals surface area contributed by atoms with Crippen molar-refractivity contribution in [1.82, 2.24) is 4.98 Å². The Morgan fingerprint density at radius 3 is 2.89 bits per heavy atom. The number of allylic oxidation sites excluding steroid dienone is 2. The van der Waals surface area contributed by atoms with Crippen LogP contribution >= 0.6 is 0 Å². The zero-order chi connectivity index (χ0) is 13.0. The van der Waals surface area contributed by atoms with Gasteiger partial charge >= 0.3 is 5.97 Å². The van der Waals surface area contributed by atoms with Crippen molar-refractivity contribution in [1.29, 1.82) is 5.26 Å². The highest BCUT2D eigenvalue weighted by Gasteiger charge is 2.03. The van der Waals surface area contributed by atoms with Gasteiger partial charge in [0.2, 0.25) is 0 Å². The van der Waals surface area contributed by atoms with Crippen LogP contribution in [0.5, 0.6) is 0 Å². The van der Waals surface area contributed by atoms with Crippen LogP contribution in [-0.4, -0.2) is 16.1 Å². The maximum absolute atomic E-state index is 10.6. The normalized spacial score (nSPS) is 11.8. The highest BCUT2D eigenvalue weighted by molar-refractivity contribution is 5.92. The average molecular weight is 238 g/mol. The number of nitriles is 1. The minimum atomic E-state index is -1.22. The average Bonchev–Trinajstić information content (AvgIpc) is 2.78. The Morgan fingerprint density at radius 2 is 2.17 bits per heavy atom. The van der Waals surface area contributed by atoms with Gasteiger partial charge in [0.25, 0.3) is 0 Å². The van der Waals surface area contributed by atoms with E-state index < -0.39 is 5.97 Å². The molecular formula is C14H10N2O2. The molecule has 2 aromatic rings. The van der Waals surface area contributed by atoms with Crippen molar-refractivity contribution < 1.29 is 9.90 Å². The molecule has 0 amide bonds. The molecule has 2 N–H and O–H groups in total. The van der Waals surface area contributed by atoms with Gasteiger partial charge in [-0.05, 0) is 17.7 Å². The van der Waals surface area contributed by atoms with Crippen LogP contribution in [0.1, 0.15) is 5.56 Å². The fraction of sp³-hybridized carbons (Fsp3) is 0. The number of carboxylic acids is 1. The van der Waals surface area contributed by atoms with Gasteiger partial charge in [0, 0.05) is 17.1 Å². The molecule has 88 valence electrons. The number of aliphatic carboxylic acids is 1. The molecule has 1 heterocycles. The fourth-order valence-electron chi connectivity index (χ4n) is 1.64. The van der Waals surface area contributed by atoms with E-state index in [4.69, 9.17) is 10.4 Å². The number of para-hydroxylation sites is 1. The lowest BCUT2D eigenvalue weighted by molar-refractivity contribution is -0.132. The third kappa shape index (κ3) is 2.30. The summed E-state index contributed by atoms with van der Waals surface area (Å²) in [7, 11) is 0. The molecule has 0 aliphatic rings. The van der Waals surface area contributed by atoms with Gasteiger partial charge in [-0.25, -0.2) is 4.79 Å². The molecule has 0 aliphatic heterocycles. The Labute approximate surface area is 103 Å². The van der Waals surface area contributed by atoms with Gasteiger partial charge in [-0.15, -0.1) is 0 Å². The summed E-state index contributed by atoms with van der Waals surface area (Å²) in [5.41, 5.74) is 1.68. The van der Waals surface area contributed by atoms with E-state index >= 15 is 0 Å². The Bertz CT molecular complexity index is 687. The van der Waals surface area contributed by atoms with Crippen LogP contribution in [0.2, 0.25) is 0 Å². The number of benzene rings is 1. The molecule has 1 aromatic heterocycles. The van der Waals surface area contributed by atoms with E-state index in [1.165, 1.54) is 6.08 Å². The first kappa shape index (κ1) is 11.7. The van der Waals surface area contributed by atoms with E-state index in [9.17, 15) is 4.79 Å². The summed E-state index contributed by atoms with van der Waals surface area (Å²) in [6, 6.07) is 9.42. The smallest absolute Gasteiger partial charge is 0.346 e. The van der Waals surface area contributed by atoms with Crippen LogP contribution in [0.3, 0.4) is 0 Å². The van der Waals surface area contributed by atoms with E-state index in [1.54, 1.807) is 18.2 Å². The number of carboxylic acid groups (broad SMARTS) is 1. The number of carbonyl (C=O) groups is 1. The molecule has 0 atom stereocenters. The second-order valence-corrected chi connectivity index (χ2v) is 3.65. The van der Waals surface area contributed by atoms with Crippen molar-refractivity contribution >= 4 is 22.9 Å². The number of nitrogens with one attached hydrogen (secondary N) is 1. The van der Waals surface area contributed by atoms with Crippen molar-refractivity contribution in [2.45, 2.75) is 0 Å². The number of aromatic amines is 1. The van der Waals surface area contributed by atoms with Crippen LogP contribution in [0.4, 0.5) is 0 Å². The quantitative estimate of drug-likeness (QED) is 0.490. The highest BCUT2D eigenvalue weighted by Crippen LogP contribution is 2.18. The molecule has 18 heavy (non-hydrogen) atoms. The molecule has 0 bridgehead atoms. The van der Waals surface area contributed by atoms with Crippen molar-refractivity contribution in [3.63, 3.8) is 0 Å². The fourth-order valence-corrected chi connectivity index (χ4v) is 1.64. The zero-order valence-electron chi connectivity index (χ0n) is 9.42. The molecule has 0 aliphatic carbocycles. The van der Waals surface area contributed by atoms with Crippen molar-refractivity contribution in [2.75, 3.05) is 0 Å². The molecule has 0 saturated heterocycles. The monoisotopic (exact) mass is 238 g/mol. The van der Waals surface area contributed by atoms with E-state index in [0.717, 1.165) is 16.5 Å². The van der Waals surface area contributed by atoms with Crippen molar-refractivity contribution in [3.05, 3.63) is 53.8 Å². The molecule has 4 heteroatoms. The molecule has 4 nitrogen and oxygen atoms in total. The molecule has 2 rings (SSSR count). The minimum absolute atomic E-state index is 0.286. The topological polar surface area (TPSA) is 76.9 Å². The molecule has 0 spiro atoms. The SMILES string of the molecule is N#C/C(=C\C=C\c1c[nH]c2ccccc12)C(=O)O. The van der Waals surface area contributed by atoms with Gasteiger partial charge in [-0.1, -0.05) is 30.4 Å². The lowest BCUT2D eigenvalue weighted by atomic mass is 10.1. The predicted octanol–water partition coefficient (Wildman–Crippen LogP) is 2.72. The number of hydrogen-bond acceptors (Lipinski definition) is 2. The molecule has 0 unspecified atom stereocenters. The zero-order valence-corrected chi connectivity index (χ0v) is 9.42. The van der Waals surface area contributed by atoms with E-state index in [1.807, 2.05) is 30.5 Å². The Kier molecular flexibility index (Phi) is 3.26. The Hall–Kier alpha value is -2.80. The Balaban J connectivity index is 2.30. The molecule has 0 saturated carbocycles. The molecule has 1 aromatic carbocycles. The van der Waals surface area contributed by atoms with Crippen molar-refractivity contribution in [3.8, 4) is 6.07 Å². The number of hydrogen-bond donors (Lipinski definition) is 2. The molecule has 0 fully saturated rings. The predicted molar refractivity (Wildman–Crippen MR) is 68.7 cm³/mol. The summed E-state index contributed by atoms with van der Waals surface area (Å²) in [5, 5.41) is 18.3. The molecule has 0 radical (unpaired) electrons.